The summed E-state index contributed by atoms with van der Waals surface area (Å²) in [5.74, 6) is 0.0621. The van der Waals surface area contributed by atoms with Gasteiger partial charge in [-0.25, -0.2) is 0 Å². The highest BCUT2D eigenvalue weighted by Crippen LogP contribution is 2.34. The van der Waals surface area contributed by atoms with E-state index in [0.717, 1.165) is 11.3 Å². The van der Waals surface area contributed by atoms with E-state index in [1.165, 1.54) is 0 Å². The van der Waals surface area contributed by atoms with Gasteiger partial charge in [-0.2, -0.15) is 0 Å². The molecule has 1 atom stereocenters. The van der Waals surface area contributed by atoms with Crippen LogP contribution in [-0.4, -0.2) is 22.7 Å². The third kappa shape index (κ3) is 2.62. The Balaban J connectivity index is 1.86. The van der Waals surface area contributed by atoms with E-state index in [1.54, 1.807) is 29.2 Å². The van der Waals surface area contributed by atoms with E-state index >= 15 is 0 Å². The second kappa shape index (κ2) is 5.58. The number of anilines is 1. The predicted octanol–water partition coefficient (Wildman–Crippen LogP) is 2.41. The van der Waals surface area contributed by atoms with E-state index in [2.05, 4.69) is 0 Å². The Labute approximate surface area is 123 Å². The lowest BCUT2D eigenvalue weighted by Gasteiger charge is -2.32. The van der Waals surface area contributed by atoms with Gasteiger partial charge in [0.25, 0.3) is 0 Å². The molecule has 0 aliphatic carbocycles. The van der Waals surface area contributed by atoms with Gasteiger partial charge in [0, 0.05) is 23.4 Å². The molecule has 0 fully saturated rings. The molecular weight excluding hydrogens is 266 g/mol. The van der Waals surface area contributed by atoms with Crippen LogP contribution in [0.5, 0.6) is 5.75 Å². The second-order valence-corrected chi connectivity index (χ2v) is 5.21. The number of fused-ring (bicyclic) bond motifs is 1. The number of hydrogen-bond acceptors (Lipinski definition) is 3. The van der Waals surface area contributed by atoms with E-state index in [-0.39, 0.29) is 18.1 Å². The van der Waals surface area contributed by atoms with E-state index < -0.39 is 6.10 Å². The van der Waals surface area contributed by atoms with Crippen LogP contribution in [0.1, 0.15) is 23.7 Å². The van der Waals surface area contributed by atoms with E-state index in [1.807, 2.05) is 24.3 Å². The molecule has 0 saturated heterocycles. The van der Waals surface area contributed by atoms with E-state index in [9.17, 15) is 15.0 Å². The Morgan fingerprint density at radius 1 is 1.14 bits per heavy atom. The summed E-state index contributed by atoms with van der Waals surface area (Å²) >= 11 is 0. The van der Waals surface area contributed by atoms with Crippen LogP contribution in [0.2, 0.25) is 0 Å². The molecule has 0 aromatic heterocycles. The molecule has 0 spiro atoms. The van der Waals surface area contributed by atoms with Crippen molar-refractivity contribution in [3.05, 3.63) is 59.7 Å². The van der Waals surface area contributed by atoms with Gasteiger partial charge in [0.1, 0.15) is 5.75 Å². The lowest BCUT2D eigenvalue weighted by Crippen LogP contribution is -2.37. The van der Waals surface area contributed by atoms with Crippen molar-refractivity contribution in [2.24, 2.45) is 0 Å². The molecule has 2 aromatic carbocycles. The van der Waals surface area contributed by atoms with E-state index in [0.29, 0.717) is 18.5 Å². The van der Waals surface area contributed by atoms with Crippen molar-refractivity contribution >= 4 is 11.6 Å². The smallest absolute Gasteiger partial charge is 0.231 e. The maximum Gasteiger partial charge on any atom is 0.231 e. The molecule has 1 amide bonds. The number of benzene rings is 2. The summed E-state index contributed by atoms with van der Waals surface area (Å²) in [6.07, 6.45) is 0.163. The van der Waals surface area contributed by atoms with Gasteiger partial charge in [-0.1, -0.05) is 36.4 Å². The largest absolute Gasteiger partial charge is 0.508 e. The number of phenolic OH excluding ortho intramolecular Hbond substituents is 1. The summed E-state index contributed by atoms with van der Waals surface area (Å²) in [4.78, 5) is 14.2. The summed E-state index contributed by atoms with van der Waals surface area (Å²) in [6, 6.07) is 14.3. The van der Waals surface area contributed by atoms with Crippen molar-refractivity contribution < 1.29 is 15.0 Å². The van der Waals surface area contributed by atoms with Gasteiger partial charge >= 0.3 is 0 Å². The summed E-state index contributed by atoms with van der Waals surface area (Å²) in [5, 5.41) is 19.8. The minimum atomic E-state index is -0.518. The highest BCUT2D eigenvalue weighted by atomic mass is 16.3. The summed E-state index contributed by atoms with van der Waals surface area (Å²) in [5.41, 5.74) is 2.16. The van der Waals surface area contributed by atoms with Crippen molar-refractivity contribution in [2.45, 2.75) is 18.9 Å². The predicted molar refractivity (Wildman–Crippen MR) is 80.2 cm³/mol. The molecule has 4 nitrogen and oxygen atoms in total. The number of rotatable bonds is 2. The number of carbonyl (C=O) groups is 1. The average Bonchev–Trinajstić information content (AvgIpc) is 2.50. The van der Waals surface area contributed by atoms with E-state index in [4.69, 9.17) is 0 Å². The number of phenols is 1. The van der Waals surface area contributed by atoms with Crippen LogP contribution in [0.3, 0.4) is 0 Å². The lowest BCUT2D eigenvalue weighted by atomic mass is 9.98. The molecule has 1 unspecified atom stereocenters. The Hall–Kier alpha value is -2.33. The van der Waals surface area contributed by atoms with Crippen molar-refractivity contribution in [3.63, 3.8) is 0 Å². The van der Waals surface area contributed by atoms with Crippen LogP contribution >= 0.6 is 0 Å². The molecule has 108 valence electrons. The molecule has 4 heteroatoms. The van der Waals surface area contributed by atoms with Crippen LogP contribution in [0.4, 0.5) is 5.69 Å². The van der Waals surface area contributed by atoms with Crippen molar-refractivity contribution in [2.75, 3.05) is 11.4 Å². The third-order valence-corrected chi connectivity index (χ3v) is 3.85. The first-order valence-corrected chi connectivity index (χ1v) is 7.01. The number of nitrogens with zero attached hydrogens (tertiary/aromatic N) is 1. The van der Waals surface area contributed by atoms with Gasteiger partial charge in [-0.05, 0) is 18.6 Å². The standard InChI is InChI=1S/C17H17NO3/c19-15-8-4-1-5-12(15)11-17(21)18-10-9-16(20)13-6-2-3-7-14(13)18/h1-8,16,19-20H,9-11H2. The maximum atomic E-state index is 12.5. The van der Waals surface area contributed by atoms with Crippen LogP contribution in [-0.2, 0) is 11.2 Å². The normalized spacial score (nSPS) is 17.4. The molecule has 21 heavy (non-hydrogen) atoms. The first-order valence-electron chi connectivity index (χ1n) is 7.01. The van der Waals surface area contributed by atoms with Crippen LogP contribution in [0.15, 0.2) is 48.5 Å². The number of aromatic hydroxyl groups is 1. The molecule has 1 heterocycles. The van der Waals surface area contributed by atoms with Crippen LogP contribution in [0, 0.1) is 0 Å². The minimum absolute atomic E-state index is 0.0733. The summed E-state index contributed by atoms with van der Waals surface area (Å²) < 4.78 is 0. The van der Waals surface area contributed by atoms with Gasteiger partial charge in [0.05, 0.1) is 12.5 Å². The van der Waals surface area contributed by atoms with Gasteiger partial charge in [-0.15, -0.1) is 0 Å². The van der Waals surface area contributed by atoms with Crippen LogP contribution < -0.4 is 4.90 Å². The quantitative estimate of drug-likeness (QED) is 0.889. The van der Waals surface area contributed by atoms with Gasteiger partial charge in [0.15, 0.2) is 0 Å². The summed E-state index contributed by atoms with van der Waals surface area (Å²) in [6.45, 7) is 0.491. The number of carbonyl (C=O) groups excluding carboxylic acids is 1. The molecule has 2 aromatic rings. The number of aliphatic hydroxyl groups excluding tert-OH is 1. The fourth-order valence-corrected chi connectivity index (χ4v) is 2.72. The summed E-state index contributed by atoms with van der Waals surface area (Å²) in [7, 11) is 0. The highest BCUT2D eigenvalue weighted by molar-refractivity contribution is 5.96. The minimum Gasteiger partial charge on any atom is -0.508 e. The Morgan fingerprint density at radius 2 is 1.86 bits per heavy atom. The molecule has 2 N–H and O–H groups in total. The Bertz CT molecular complexity index is 669. The maximum absolute atomic E-state index is 12.5. The van der Waals surface area contributed by atoms with Crippen LogP contribution in [0.25, 0.3) is 0 Å². The molecule has 0 bridgehead atoms. The topological polar surface area (TPSA) is 60.8 Å². The number of amides is 1. The molecule has 1 aliphatic rings. The molecule has 0 saturated carbocycles. The first-order chi connectivity index (χ1) is 10.2. The SMILES string of the molecule is O=C(Cc1ccccc1O)N1CCC(O)c2ccccc21. The average molecular weight is 283 g/mol. The van der Waals surface area contributed by atoms with Crippen molar-refractivity contribution in [3.8, 4) is 5.75 Å². The number of aliphatic hydroxyl groups is 1. The van der Waals surface area contributed by atoms with Gasteiger partial charge in [0.2, 0.25) is 5.91 Å². The molecular formula is C17H17NO3. The number of hydrogen-bond donors (Lipinski definition) is 2. The Kier molecular flexibility index (Phi) is 3.62. The lowest BCUT2D eigenvalue weighted by molar-refractivity contribution is -0.118. The third-order valence-electron chi connectivity index (χ3n) is 3.85. The van der Waals surface area contributed by atoms with Crippen molar-refractivity contribution in [1.82, 2.24) is 0 Å². The van der Waals surface area contributed by atoms with Gasteiger partial charge < -0.3 is 15.1 Å². The zero-order valence-electron chi connectivity index (χ0n) is 11.6. The highest BCUT2D eigenvalue weighted by Gasteiger charge is 2.27. The second-order valence-electron chi connectivity index (χ2n) is 5.21. The molecule has 3 rings (SSSR count). The monoisotopic (exact) mass is 283 g/mol. The zero-order chi connectivity index (χ0) is 14.8. The van der Waals surface area contributed by atoms with Crippen molar-refractivity contribution in [1.29, 1.82) is 0 Å². The first kappa shape index (κ1) is 13.6. The van der Waals surface area contributed by atoms with Gasteiger partial charge in [-0.3, -0.25) is 4.79 Å². The fourth-order valence-electron chi connectivity index (χ4n) is 2.72. The number of para-hydroxylation sites is 2. The zero-order valence-corrected chi connectivity index (χ0v) is 11.6. The Morgan fingerprint density at radius 3 is 2.67 bits per heavy atom. The molecule has 1 aliphatic heterocycles. The fraction of sp³-hybridized carbons (Fsp3) is 0.235. The molecule has 0 radical (unpaired) electrons.